The molecule has 3 aromatic carbocycles. The fourth-order valence-corrected chi connectivity index (χ4v) is 4.71. The molecule has 7 nitrogen and oxygen atoms in total. The Morgan fingerprint density at radius 3 is 2.52 bits per heavy atom. The summed E-state index contributed by atoms with van der Waals surface area (Å²) in [4.78, 5) is 14.0. The molecule has 0 radical (unpaired) electrons. The number of rotatable bonds is 8. The smallest absolute Gasteiger partial charge is 0.471 e. The van der Waals surface area contributed by atoms with E-state index >= 15 is 0 Å². The van der Waals surface area contributed by atoms with E-state index in [1.807, 2.05) is 28.2 Å². The summed E-state index contributed by atoms with van der Waals surface area (Å²) in [5.41, 5.74) is 3.61. The summed E-state index contributed by atoms with van der Waals surface area (Å²) >= 11 is 0. The van der Waals surface area contributed by atoms with Gasteiger partial charge in [-0.15, -0.1) is 0 Å². The van der Waals surface area contributed by atoms with Gasteiger partial charge in [0.05, 0.1) is 36.7 Å². The lowest BCUT2D eigenvalue weighted by molar-refractivity contribution is -0.174. The summed E-state index contributed by atoms with van der Waals surface area (Å²) in [5, 5.41) is 7.41. The summed E-state index contributed by atoms with van der Waals surface area (Å²) in [6.07, 6.45) is -4.10. The quantitative estimate of drug-likeness (QED) is 0.304. The second-order valence-corrected chi connectivity index (χ2v) is 9.54. The maximum Gasteiger partial charge on any atom is 0.471 e. The van der Waals surface area contributed by atoms with Gasteiger partial charge in [-0.1, -0.05) is 49.9 Å². The minimum Gasteiger partial charge on any atom is -0.484 e. The molecule has 0 spiro atoms. The Hall–Kier alpha value is -3.89. The number of aromatic nitrogens is 2. The van der Waals surface area contributed by atoms with Gasteiger partial charge in [0.15, 0.2) is 0 Å². The Morgan fingerprint density at radius 2 is 1.80 bits per heavy atom. The summed E-state index contributed by atoms with van der Waals surface area (Å²) in [6, 6.07) is 21.5. The van der Waals surface area contributed by atoms with Crippen molar-refractivity contribution in [3.63, 3.8) is 0 Å². The molecular formula is C30H33F3N4O3. The number of carbonyl (C=O) groups is 1. The third-order valence-electron chi connectivity index (χ3n) is 6.67. The predicted molar refractivity (Wildman–Crippen MR) is 147 cm³/mol. The maximum atomic E-state index is 12.9. The first-order valence-electron chi connectivity index (χ1n) is 12.7. The number of nitrogens with one attached hydrogen (secondary N) is 1. The summed E-state index contributed by atoms with van der Waals surface area (Å²) in [6.45, 7) is 5.61. The standard InChI is InChI=1S/C29H29F3N4O3.CH4/c1-20(34-28(37)29(30,31)32)27(22-7-3-2-4-8-22)39-25-10-11-26-23(17-25)18-33-36(26)24-9-5-6-21(16-24)19-35-12-14-38-15-13-35;/h2-11,16-18,20,27H,12-15,19H2,1H3,(H,34,37);1H4/t20-,27-;/m0./s1. The molecule has 1 amide bonds. The Labute approximate surface area is 231 Å². The van der Waals surface area contributed by atoms with E-state index in [4.69, 9.17) is 9.47 Å². The summed E-state index contributed by atoms with van der Waals surface area (Å²) in [7, 11) is 0. The lowest BCUT2D eigenvalue weighted by Crippen LogP contribution is -2.45. The number of morpholine rings is 1. The molecule has 1 aliphatic rings. The number of fused-ring (bicyclic) bond motifs is 1. The Kier molecular flexibility index (Phi) is 9.11. The minimum atomic E-state index is -4.98. The molecule has 1 fully saturated rings. The Bertz CT molecular complexity index is 1420. The van der Waals surface area contributed by atoms with Crippen molar-refractivity contribution in [2.24, 2.45) is 0 Å². The molecule has 212 valence electrons. The Morgan fingerprint density at radius 1 is 1.05 bits per heavy atom. The fourth-order valence-electron chi connectivity index (χ4n) is 4.71. The molecule has 0 bridgehead atoms. The number of ether oxygens (including phenoxy) is 2. The monoisotopic (exact) mass is 554 g/mol. The third-order valence-corrected chi connectivity index (χ3v) is 6.67. The van der Waals surface area contributed by atoms with Crippen LogP contribution in [0.25, 0.3) is 16.6 Å². The van der Waals surface area contributed by atoms with E-state index in [0.29, 0.717) is 11.3 Å². The molecule has 0 saturated carbocycles. The molecule has 5 rings (SSSR count). The molecule has 2 heterocycles. The van der Waals surface area contributed by atoms with E-state index in [9.17, 15) is 18.0 Å². The van der Waals surface area contributed by atoms with Crippen LogP contribution < -0.4 is 10.1 Å². The van der Waals surface area contributed by atoms with E-state index in [-0.39, 0.29) is 7.43 Å². The molecule has 2 atom stereocenters. The van der Waals surface area contributed by atoms with Crippen LogP contribution in [0.3, 0.4) is 0 Å². The minimum absolute atomic E-state index is 0. The van der Waals surface area contributed by atoms with Crippen LogP contribution in [-0.2, 0) is 16.1 Å². The largest absolute Gasteiger partial charge is 0.484 e. The first-order chi connectivity index (χ1) is 18.8. The number of alkyl halides is 3. The van der Waals surface area contributed by atoms with Crippen LogP contribution in [0.15, 0.2) is 79.0 Å². The number of amides is 1. The molecule has 40 heavy (non-hydrogen) atoms. The zero-order chi connectivity index (χ0) is 27.4. The Balaban J connectivity index is 0.00000370. The maximum absolute atomic E-state index is 12.9. The number of nitrogens with zero attached hydrogens (tertiary/aromatic N) is 3. The SMILES string of the molecule is C.C[C@H](NC(=O)C(F)(F)F)[C@H](Oc1ccc2c(cnn2-c2cccc(CN3CCOCC3)c2)c1)c1ccccc1. The van der Waals surface area contributed by atoms with E-state index < -0.39 is 24.2 Å². The van der Waals surface area contributed by atoms with Crippen molar-refractivity contribution in [2.75, 3.05) is 26.3 Å². The van der Waals surface area contributed by atoms with Crippen LogP contribution >= 0.6 is 0 Å². The van der Waals surface area contributed by atoms with Gasteiger partial charge in [-0.25, -0.2) is 4.68 Å². The molecule has 4 aromatic rings. The summed E-state index contributed by atoms with van der Waals surface area (Å²) in [5.74, 6) is -1.56. The number of halogens is 3. The van der Waals surface area contributed by atoms with Crippen LogP contribution in [0.4, 0.5) is 13.2 Å². The number of hydrogen-bond donors (Lipinski definition) is 1. The predicted octanol–water partition coefficient (Wildman–Crippen LogP) is 5.68. The number of carbonyl (C=O) groups excluding carboxylic acids is 1. The van der Waals surface area contributed by atoms with E-state index in [2.05, 4.69) is 22.1 Å². The van der Waals surface area contributed by atoms with Gasteiger partial charge in [-0.05, 0) is 48.4 Å². The zero-order valence-corrected chi connectivity index (χ0v) is 21.4. The van der Waals surface area contributed by atoms with Crippen LogP contribution in [0.5, 0.6) is 5.75 Å². The molecule has 1 N–H and O–H groups in total. The van der Waals surface area contributed by atoms with Gasteiger partial charge in [0.25, 0.3) is 0 Å². The van der Waals surface area contributed by atoms with Crippen molar-refractivity contribution < 1.29 is 27.4 Å². The highest BCUT2D eigenvalue weighted by Gasteiger charge is 2.40. The summed E-state index contributed by atoms with van der Waals surface area (Å²) < 4.78 is 52.1. The van der Waals surface area contributed by atoms with E-state index in [0.717, 1.165) is 49.4 Å². The average Bonchev–Trinajstić information content (AvgIpc) is 3.36. The van der Waals surface area contributed by atoms with Gasteiger partial charge in [-0.3, -0.25) is 9.69 Å². The number of benzene rings is 3. The third kappa shape index (κ3) is 6.81. The van der Waals surface area contributed by atoms with Crippen molar-refractivity contribution in [1.82, 2.24) is 20.0 Å². The fraction of sp³-hybridized carbons (Fsp3) is 0.333. The van der Waals surface area contributed by atoms with Crippen molar-refractivity contribution in [3.8, 4) is 11.4 Å². The van der Waals surface area contributed by atoms with Crippen LogP contribution in [0.2, 0.25) is 0 Å². The number of hydrogen-bond acceptors (Lipinski definition) is 5. The second kappa shape index (κ2) is 12.5. The first kappa shape index (κ1) is 29.1. The molecule has 10 heteroatoms. The highest BCUT2D eigenvalue weighted by molar-refractivity contribution is 5.82. The van der Waals surface area contributed by atoms with Crippen LogP contribution in [-0.4, -0.2) is 59.1 Å². The van der Waals surface area contributed by atoms with E-state index in [1.54, 1.807) is 48.7 Å². The highest BCUT2D eigenvalue weighted by atomic mass is 19.4. The van der Waals surface area contributed by atoms with Crippen molar-refractivity contribution >= 4 is 16.8 Å². The lowest BCUT2D eigenvalue weighted by atomic mass is 10.0. The first-order valence-corrected chi connectivity index (χ1v) is 12.7. The molecular weight excluding hydrogens is 521 g/mol. The van der Waals surface area contributed by atoms with Crippen molar-refractivity contribution in [2.45, 2.75) is 39.2 Å². The average molecular weight is 555 g/mol. The molecule has 1 aliphatic heterocycles. The molecule has 1 saturated heterocycles. The lowest BCUT2D eigenvalue weighted by Gasteiger charge is -2.27. The van der Waals surface area contributed by atoms with Gasteiger partial charge >= 0.3 is 12.1 Å². The second-order valence-electron chi connectivity index (χ2n) is 9.54. The highest BCUT2D eigenvalue weighted by Crippen LogP contribution is 2.29. The van der Waals surface area contributed by atoms with Crippen molar-refractivity contribution in [3.05, 3.63) is 90.1 Å². The van der Waals surface area contributed by atoms with Gasteiger partial charge in [-0.2, -0.15) is 18.3 Å². The molecule has 1 aromatic heterocycles. The molecule has 0 aliphatic carbocycles. The zero-order valence-electron chi connectivity index (χ0n) is 21.4. The topological polar surface area (TPSA) is 68.6 Å². The molecule has 0 unspecified atom stereocenters. The normalized spacial score (nSPS) is 15.7. The van der Waals surface area contributed by atoms with Crippen molar-refractivity contribution in [1.29, 1.82) is 0 Å². The van der Waals surface area contributed by atoms with Gasteiger partial charge < -0.3 is 14.8 Å². The van der Waals surface area contributed by atoms with Gasteiger partial charge in [0.1, 0.15) is 11.9 Å². The van der Waals surface area contributed by atoms with Crippen LogP contribution in [0, 0.1) is 0 Å². The van der Waals surface area contributed by atoms with E-state index in [1.165, 1.54) is 12.5 Å². The van der Waals surface area contributed by atoms with Crippen LogP contribution in [0.1, 0.15) is 31.6 Å². The van der Waals surface area contributed by atoms with Gasteiger partial charge in [0, 0.05) is 25.0 Å². The van der Waals surface area contributed by atoms with Gasteiger partial charge in [0.2, 0.25) is 0 Å².